The summed E-state index contributed by atoms with van der Waals surface area (Å²) < 4.78 is 2.06. The molecular weight excluding hydrogens is 192 g/mol. The second-order valence-corrected chi connectivity index (χ2v) is 4.21. The molecule has 1 aromatic heterocycles. The van der Waals surface area contributed by atoms with Crippen LogP contribution in [0, 0.1) is 12.8 Å². The fourth-order valence-electron chi connectivity index (χ4n) is 2.05. The van der Waals surface area contributed by atoms with Crippen LogP contribution >= 0.6 is 0 Å². The van der Waals surface area contributed by atoms with Crippen molar-refractivity contribution in [2.75, 3.05) is 26.2 Å². The quantitative estimate of drug-likeness (QED) is 0.754. The van der Waals surface area contributed by atoms with E-state index in [9.17, 15) is 0 Å². The molecule has 1 aromatic rings. The normalized spacial score (nSPS) is 22.4. The molecule has 5 nitrogen and oxygen atoms in total. The van der Waals surface area contributed by atoms with Gasteiger partial charge in [-0.3, -0.25) is 0 Å². The zero-order chi connectivity index (χ0) is 10.7. The first kappa shape index (κ1) is 10.6. The Balaban J connectivity index is 1.77. The maximum Gasteiger partial charge on any atom is 0.129 e. The van der Waals surface area contributed by atoms with E-state index in [-0.39, 0.29) is 0 Å². The highest BCUT2D eigenvalue weighted by Gasteiger charge is 2.21. The van der Waals surface area contributed by atoms with Crippen molar-refractivity contribution in [3.8, 4) is 0 Å². The Bertz CT molecular complexity index is 312. The third-order valence-electron chi connectivity index (χ3n) is 3.09. The molecule has 0 amide bonds. The van der Waals surface area contributed by atoms with E-state index in [2.05, 4.69) is 19.7 Å². The highest BCUT2D eigenvalue weighted by atomic mass is 16.3. The molecular formula is C10H18N4O. The fourth-order valence-corrected chi connectivity index (χ4v) is 2.05. The first-order valence-corrected chi connectivity index (χ1v) is 5.47. The van der Waals surface area contributed by atoms with Gasteiger partial charge in [0.05, 0.1) is 0 Å². The molecule has 0 aliphatic carbocycles. The Morgan fingerprint density at radius 2 is 2.40 bits per heavy atom. The van der Waals surface area contributed by atoms with Crippen molar-refractivity contribution < 1.29 is 5.11 Å². The first-order chi connectivity index (χ1) is 7.29. The van der Waals surface area contributed by atoms with Crippen LogP contribution in [0.3, 0.4) is 0 Å². The van der Waals surface area contributed by atoms with Crippen molar-refractivity contribution in [2.45, 2.75) is 19.9 Å². The molecule has 1 N–H and O–H groups in total. The molecule has 0 aromatic carbocycles. The summed E-state index contributed by atoms with van der Waals surface area (Å²) >= 11 is 0. The largest absolute Gasteiger partial charge is 0.396 e. The van der Waals surface area contributed by atoms with E-state index in [0.29, 0.717) is 12.5 Å². The fraction of sp³-hybridized carbons (Fsp3) is 0.800. The lowest BCUT2D eigenvalue weighted by Crippen LogP contribution is -2.25. The van der Waals surface area contributed by atoms with E-state index >= 15 is 0 Å². The molecule has 2 heterocycles. The van der Waals surface area contributed by atoms with Crippen molar-refractivity contribution in [3.63, 3.8) is 0 Å². The summed E-state index contributed by atoms with van der Waals surface area (Å²) in [7, 11) is 0. The van der Waals surface area contributed by atoms with Crippen LogP contribution in [0.2, 0.25) is 0 Å². The van der Waals surface area contributed by atoms with Crippen LogP contribution in [0.15, 0.2) is 6.33 Å². The lowest BCUT2D eigenvalue weighted by atomic mass is 10.1. The van der Waals surface area contributed by atoms with Gasteiger partial charge >= 0.3 is 0 Å². The predicted octanol–water partition coefficient (Wildman–Crippen LogP) is -0.0993. The maximum absolute atomic E-state index is 9.03. The average molecular weight is 210 g/mol. The van der Waals surface area contributed by atoms with E-state index in [4.69, 9.17) is 5.11 Å². The summed E-state index contributed by atoms with van der Waals surface area (Å²) in [5, 5.41) is 16.8. The van der Waals surface area contributed by atoms with Gasteiger partial charge in [-0.15, -0.1) is 10.2 Å². The molecule has 1 saturated heterocycles. The number of aliphatic hydroxyl groups excluding tert-OH is 1. The van der Waals surface area contributed by atoms with Crippen molar-refractivity contribution in [1.29, 1.82) is 0 Å². The molecule has 15 heavy (non-hydrogen) atoms. The minimum Gasteiger partial charge on any atom is -0.396 e. The number of nitrogens with zero attached hydrogens (tertiary/aromatic N) is 4. The van der Waals surface area contributed by atoms with Crippen molar-refractivity contribution >= 4 is 0 Å². The molecule has 1 aliphatic rings. The minimum absolute atomic E-state index is 0.322. The number of aromatic nitrogens is 3. The summed E-state index contributed by atoms with van der Waals surface area (Å²) in [4.78, 5) is 2.39. The van der Waals surface area contributed by atoms with Gasteiger partial charge in [0, 0.05) is 26.2 Å². The van der Waals surface area contributed by atoms with Gasteiger partial charge in [-0.05, 0) is 25.8 Å². The predicted molar refractivity (Wildman–Crippen MR) is 56.4 cm³/mol. The van der Waals surface area contributed by atoms with E-state index in [1.165, 1.54) is 0 Å². The summed E-state index contributed by atoms with van der Waals surface area (Å²) in [6.45, 7) is 6.38. The standard InChI is InChI=1S/C10H18N4O/c1-9-12-11-8-14(9)5-4-13-3-2-10(6-13)7-15/h8,10,15H,2-7H2,1H3. The number of hydrogen-bond acceptors (Lipinski definition) is 4. The van der Waals surface area contributed by atoms with Crippen LogP contribution in [-0.2, 0) is 6.54 Å². The van der Waals surface area contributed by atoms with Gasteiger partial charge in [0.15, 0.2) is 0 Å². The molecule has 0 radical (unpaired) electrons. The Labute approximate surface area is 89.7 Å². The van der Waals surface area contributed by atoms with Gasteiger partial charge in [-0.2, -0.15) is 0 Å². The molecule has 1 atom stereocenters. The summed E-state index contributed by atoms with van der Waals surface area (Å²) in [5.74, 6) is 1.44. The lowest BCUT2D eigenvalue weighted by molar-refractivity contribution is 0.220. The Kier molecular flexibility index (Phi) is 3.33. The zero-order valence-corrected chi connectivity index (χ0v) is 9.13. The van der Waals surface area contributed by atoms with Gasteiger partial charge < -0.3 is 14.6 Å². The smallest absolute Gasteiger partial charge is 0.129 e. The lowest BCUT2D eigenvalue weighted by Gasteiger charge is -2.15. The molecule has 84 valence electrons. The van der Waals surface area contributed by atoms with Gasteiger partial charge in [0.25, 0.3) is 0 Å². The maximum atomic E-state index is 9.03. The molecule has 2 rings (SSSR count). The van der Waals surface area contributed by atoms with Crippen LogP contribution in [0.5, 0.6) is 0 Å². The van der Waals surface area contributed by atoms with E-state index in [1.807, 2.05) is 6.92 Å². The highest BCUT2D eigenvalue weighted by molar-refractivity contribution is 4.81. The Hall–Kier alpha value is -0.940. The zero-order valence-electron chi connectivity index (χ0n) is 9.13. The Morgan fingerprint density at radius 3 is 3.00 bits per heavy atom. The van der Waals surface area contributed by atoms with Crippen LogP contribution < -0.4 is 0 Å². The van der Waals surface area contributed by atoms with Gasteiger partial charge in [-0.1, -0.05) is 0 Å². The molecule has 5 heteroatoms. The molecule has 0 bridgehead atoms. The topological polar surface area (TPSA) is 54.2 Å². The van der Waals surface area contributed by atoms with Crippen LogP contribution in [0.25, 0.3) is 0 Å². The first-order valence-electron chi connectivity index (χ1n) is 5.47. The van der Waals surface area contributed by atoms with Crippen molar-refractivity contribution in [1.82, 2.24) is 19.7 Å². The van der Waals surface area contributed by atoms with Crippen molar-refractivity contribution in [3.05, 3.63) is 12.2 Å². The number of aryl methyl sites for hydroxylation is 1. The van der Waals surface area contributed by atoms with Crippen LogP contribution in [0.1, 0.15) is 12.2 Å². The summed E-state index contributed by atoms with van der Waals surface area (Å²) in [6, 6.07) is 0. The summed E-state index contributed by atoms with van der Waals surface area (Å²) in [5.41, 5.74) is 0. The molecule has 1 aliphatic heterocycles. The average Bonchev–Trinajstić information content (AvgIpc) is 2.84. The second kappa shape index (κ2) is 4.72. The Morgan fingerprint density at radius 1 is 1.53 bits per heavy atom. The number of aliphatic hydroxyl groups is 1. The van der Waals surface area contributed by atoms with Gasteiger partial charge in [0.2, 0.25) is 0 Å². The minimum atomic E-state index is 0.322. The monoisotopic (exact) mass is 210 g/mol. The molecule has 0 saturated carbocycles. The second-order valence-electron chi connectivity index (χ2n) is 4.21. The van der Waals surface area contributed by atoms with Crippen LogP contribution in [0.4, 0.5) is 0 Å². The van der Waals surface area contributed by atoms with Crippen molar-refractivity contribution in [2.24, 2.45) is 5.92 Å². The molecule has 1 unspecified atom stereocenters. The SMILES string of the molecule is Cc1nncn1CCN1CCC(CO)C1. The number of likely N-dealkylation sites (tertiary alicyclic amines) is 1. The molecule has 1 fully saturated rings. The van der Waals surface area contributed by atoms with E-state index in [1.54, 1.807) is 6.33 Å². The number of rotatable bonds is 4. The third kappa shape index (κ3) is 2.54. The molecule has 0 spiro atoms. The number of hydrogen-bond donors (Lipinski definition) is 1. The van der Waals surface area contributed by atoms with E-state index < -0.39 is 0 Å². The summed E-state index contributed by atoms with van der Waals surface area (Å²) in [6.07, 6.45) is 2.90. The van der Waals surface area contributed by atoms with E-state index in [0.717, 1.165) is 38.4 Å². The van der Waals surface area contributed by atoms with Crippen LogP contribution in [-0.4, -0.2) is 51.0 Å². The highest BCUT2D eigenvalue weighted by Crippen LogP contribution is 2.14. The van der Waals surface area contributed by atoms with Gasteiger partial charge in [-0.25, -0.2) is 0 Å². The third-order valence-corrected chi connectivity index (χ3v) is 3.09. The van der Waals surface area contributed by atoms with Gasteiger partial charge in [0.1, 0.15) is 12.2 Å².